The number of hydrogen-bond donors (Lipinski definition) is 0. The van der Waals surface area contributed by atoms with Crippen LogP contribution in [0.5, 0.6) is 0 Å². The van der Waals surface area contributed by atoms with Gasteiger partial charge in [-0.3, -0.25) is 0 Å². The van der Waals surface area contributed by atoms with Crippen LogP contribution in [0.1, 0.15) is 85.2 Å². The Bertz CT molecular complexity index is 1090. The minimum Gasteiger partial charge on any atom is -0.198 e. The van der Waals surface area contributed by atoms with Crippen molar-refractivity contribution >= 4 is 10.8 Å². The summed E-state index contributed by atoms with van der Waals surface area (Å²) in [6, 6.07) is 14.5. The van der Waals surface area contributed by atoms with Gasteiger partial charge in [-0.15, -0.1) is 0 Å². The number of hydrogen-bond acceptors (Lipinski definition) is 0. The molecule has 0 N–H and O–H groups in total. The molecule has 0 aliphatic heterocycles. The van der Waals surface area contributed by atoms with Gasteiger partial charge in [0, 0.05) is 13.0 Å². The highest BCUT2D eigenvalue weighted by Crippen LogP contribution is 2.54. The van der Waals surface area contributed by atoms with Crippen LogP contribution in [-0.4, -0.2) is 0 Å². The summed E-state index contributed by atoms with van der Waals surface area (Å²) >= 11 is 0. The Morgan fingerprint density at radius 3 is 2.43 bits per heavy atom. The van der Waals surface area contributed by atoms with Gasteiger partial charge in [-0.1, -0.05) is 32.0 Å². The molecule has 0 saturated heterocycles. The topological polar surface area (TPSA) is 3.88 Å². The fourth-order valence-corrected chi connectivity index (χ4v) is 5.72. The van der Waals surface area contributed by atoms with E-state index in [4.69, 9.17) is 0 Å². The minimum atomic E-state index is 0.611. The summed E-state index contributed by atoms with van der Waals surface area (Å²) in [4.78, 5) is 0. The number of rotatable bonds is 3. The molecule has 2 aliphatic rings. The number of nitrogens with zero attached hydrogens (tertiary/aromatic N) is 1. The van der Waals surface area contributed by atoms with Gasteiger partial charge in [0.2, 0.25) is 5.69 Å². The van der Waals surface area contributed by atoms with Crippen LogP contribution >= 0.6 is 0 Å². The van der Waals surface area contributed by atoms with Crippen LogP contribution in [0.15, 0.2) is 36.4 Å². The number of aromatic nitrogens is 1. The van der Waals surface area contributed by atoms with E-state index in [9.17, 15) is 0 Å². The summed E-state index contributed by atoms with van der Waals surface area (Å²) < 4.78 is 2.40. The lowest BCUT2D eigenvalue weighted by molar-refractivity contribution is -0.665. The number of benzene rings is 2. The third-order valence-electron chi connectivity index (χ3n) is 7.74. The van der Waals surface area contributed by atoms with E-state index in [2.05, 4.69) is 75.7 Å². The second-order valence-corrected chi connectivity index (χ2v) is 9.35. The average Bonchev–Trinajstić information content (AvgIpc) is 3.30. The van der Waals surface area contributed by atoms with Gasteiger partial charge in [-0.05, 0) is 90.1 Å². The molecule has 2 aromatic carbocycles. The molecule has 1 aromatic heterocycles. The van der Waals surface area contributed by atoms with Gasteiger partial charge in [0.1, 0.15) is 7.05 Å². The standard InChI is InChI=1S/C27H32N/c1-6-16(2)19-9-10-23-22(13-19)12-18(4)28(5)27(23)24-15-26-21-8-7-20(14-21)25(26)11-17(24)3/h9-13,15-16,20-21H,6-8,14H2,1-5H3/q+1. The van der Waals surface area contributed by atoms with Crippen molar-refractivity contribution in [3.8, 4) is 11.3 Å². The monoisotopic (exact) mass is 370 g/mol. The summed E-state index contributed by atoms with van der Waals surface area (Å²) in [6.45, 7) is 9.16. The van der Waals surface area contributed by atoms with Crippen molar-refractivity contribution in [1.82, 2.24) is 0 Å². The second-order valence-electron chi connectivity index (χ2n) is 9.35. The highest BCUT2D eigenvalue weighted by molar-refractivity contribution is 5.94. The van der Waals surface area contributed by atoms with Crippen LogP contribution in [0.2, 0.25) is 0 Å². The van der Waals surface area contributed by atoms with Gasteiger partial charge in [-0.25, -0.2) is 0 Å². The molecule has 0 amide bonds. The fourth-order valence-electron chi connectivity index (χ4n) is 5.72. The zero-order valence-corrected chi connectivity index (χ0v) is 18.0. The van der Waals surface area contributed by atoms with Gasteiger partial charge < -0.3 is 0 Å². The Labute approximate surface area is 169 Å². The van der Waals surface area contributed by atoms with Crippen LogP contribution in [0, 0.1) is 13.8 Å². The third-order valence-corrected chi connectivity index (χ3v) is 7.74. The van der Waals surface area contributed by atoms with Crippen molar-refractivity contribution in [3.63, 3.8) is 0 Å². The van der Waals surface area contributed by atoms with Crippen LogP contribution in [0.3, 0.4) is 0 Å². The van der Waals surface area contributed by atoms with Gasteiger partial charge in [-0.2, -0.15) is 4.57 Å². The zero-order chi connectivity index (χ0) is 19.6. The first kappa shape index (κ1) is 17.9. The highest BCUT2D eigenvalue weighted by Gasteiger charge is 2.37. The van der Waals surface area contributed by atoms with Crippen molar-refractivity contribution < 1.29 is 4.57 Å². The maximum atomic E-state index is 2.55. The Hall–Kier alpha value is -2.15. The van der Waals surface area contributed by atoms with E-state index in [1.54, 1.807) is 11.1 Å². The predicted octanol–water partition coefficient (Wildman–Crippen LogP) is 6.83. The molecule has 1 heteroatoms. The van der Waals surface area contributed by atoms with E-state index in [0.29, 0.717) is 5.92 Å². The molecule has 1 heterocycles. The molecular formula is C27H32N+. The van der Waals surface area contributed by atoms with E-state index < -0.39 is 0 Å². The van der Waals surface area contributed by atoms with Crippen LogP contribution < -0.4 is 4.57 Å². The molecular weight excluding hydrogens is 338 g/mol. The van der Waals surface area contributed by atoms with E-state index in [1.165, 1.54) is 64.5 Å². The summed E-state index contributed by atoms with van der Waals surface area (Å²) in [5.74, 6) is 2.24. The summed E-state index contributed by atoms with van der Waals surface area (Å²) in [5.41, 5.74) is 10.3. The number of aryl methyl sites for hydroxylation is 2. The minimum absolute atomic E-state index is 0.611. The Kier molecular flexibility index (Phi) is 4.12. The van der Waals surface area contributed by atoms with Gasteiger partial charge >= 0.3 is 0 Å². The molecule has 1 fully saturated rings. The molecule has 2 aliphatic carbocycles. The lowest BCUT2D eigenvalue weighted by Crippen LogP contribution is -2.35. The van der Waals surface area contributed by atoms with E-state index >= 15 is 0 Å². The van der Waals surface area contributed by atoms with Crippen molar-refractivity contribution in [2.24, 2.45) is 7.05 Å². The summed E-state index contributed by atoms with van der Waals surface area (Å²) in [7, 11) is 2.23. The van der Waals surface area contributed by atoms with E-state index in [1.807, 2.05) is 0 Å². The van der Waals surface area contributed by atoms with Gasteiger partial charge in [0.05, 0.1) is 10.9 Å². The molecule has 2 bridgehead atoms. The van der Waals surface area contributed by atoms with Crippen molar-refractivity contribution in [2.45, 2.75) is 71.1 Å². The van der Waals surface area contributed by atoms with Crippen molar-refractivity contribution in [2.75, 3.05) is 0 Å². The molecule has 1 saturated carbocycles. The number of fused-ring (bicyclic) bond motifs is 6. The molecule has 1 nitrogen and oxygen atoms in total. The Morgan fingerprint density at radius 2 is 1.71 bits per heavy atom. The van der Waals surface area contributed by atoms with Gasteiger partial charge in [0.15, 0.2) is 5.69 Å². The van der Waals surface area contributed by atoms with Crippen LogP contribution in [0.4, 0.5) is 0 Å². The Morgan fingerprint density at radius 1 is 1.00 bits per heavy atom. The quantitative estimate of drug-likeness (QED) is 0.445. The lowest BCUT2D eigenvalue weighted by Gasteiger charge is -2.19. The molecule has 5 rings (SSSR count). The molecule has 3 aromatic rings. The largest absolute Gasteiger partial charge is 0.220 e. The average molecular weight is 371 g/mol. The second kappa shape index (κ2) is 6.44. The third kappa shape index (κ3) is 2.55. The summed E-state index contributed by atoms with van der Waals surface area (Å²) in [5, 5.41) is 2.76. The van der Waals surface area contributed by atoms with Crippen LogP contribution in [0.25, 0.3) is 22.0 Å². The van der Waals surface area contributed by atoms with Crippen LogP contribution in [-0.2, 0) is 7.05 Å². The first-order chi connectivity index (χ1) is 13.5. The first-order valence-electron chi connectivity index (χ1n) is 11.1. The molecule has 3 atom stereocenters. The SMILES string of the molecule is CCC(C)c1ccc2c(-c3cc4c(cc3C)C3CCC4C3)[n+](C)c(C)cc2c1. The van der Waals surface area contributed by atoms with Crippen molar-refractivity contribution in [3.05, 3.63) is 64.3 Å². The normalized spacial score (nSPS) is 21.3. The maximum Gasteiger partial charge on any atom is 0.220 e. The predicted molar refractivity (Wildman–Crippen MR) is 118 cm³/mol. The number of pyridine rings is 1. The molecule has 0 radical (unpaired) electrons. The smallest absolute Gasteiger partial charge is 0.198 e. The molecule has 144 valence electrons. The lowest BCUT2D eigenvalue weighted by atomic mass is 9.86. The molecule has 3 unspecified atom stereocenters. The molecule has 28 heavy (non-hydrogen) atoms. The van der Waals surface area contributed by atoms with Gasteiger partial charge in [0.25, 0.3) is 0 Å². The fraction of sp³-hybridized carbons (Fsp3) is 0.444. The summed E-state index contributed by atoms with van der Waals surface area (Å²) in [6.07, 6.45) is 5.36. The first-order valence-corrected chi connectivity index (χ1v) is 11.1. The Balaban J connectivity index is 1.75. The molecule has 0 spiro atoms. The van der Waals surface area contributed by atoms with E-state index in [-0.39, 0.29) is 0 Å². The maximum absolute atomic E-state index is 2.55. The van der Waals surface area contributed by atoms with E-state index in [0.717, 1.165) is 11.8 Å². The highest BCUT2D eigenvalue weighted by atomic mass is 14.9. The van der Waals surface area contributed by atoms with Crippen molar-refractivity contribution in [1.29, 1.82) is 0 Å². The zero-order valence-electron chi connectivity index (χ0n) is 18.0.